The quantitative estimate of drug-likeness (QED) is 0.797. The van der Waals surface area contributed by atoms with E-state index >= 15 is 0 Å². The van der Waals surface area contributed by atoms with Crippen LogP contribution in [0.25, 0.3) is 0 Å². The number of rotatable bonds is 7. The van der Waals surface area contributed by atoms with Gasteiger partial charge in [-0.05, 0) is 31.3 Å². The van der Waals surface area contributed by atoms with Gasteiger partial charge in [0.15, 0.2) is 0 Å². The zero-order valence-electron chi connectivity index (χ0n) is 10.8. The number of amides is 1. The Morgan fingerprint density at radius 3 is 2.67 bits per heavy atom. The highest BCUT2D eigenvalue weighted by Crippen LogP contribution is 2.11. The fourth-order valence-electron chi connectivity index (χ4n) is 1.38. The van der Waals surface area contributed by atoms with Crippen molar-refractivity contribution in [2.75, 3.05) is 33.8 Å². The number of likely N-dealkylation sites (N-methyl/N-ethyl adjacent to an activating group) is 2. The predicted octanol–water partition coefficient (Wildman–Crippen LogP) is 1.27. The van der Waals surface area contributed by atoms with Crippen molar-refractivity contribution in [1.29, 1.82) is 0 Å². The Morgan fingerprint density at radius 2 is 2.06 bits per heavy atom. The number of halogens is 1. The molecule has 5 heteroatoms. The highest BCUT2D eigenvalue weighted by Gasteiger charge is 2.07. The Hall–Kier alpha value is -1.62. The standard InChI is InChI=1S/C13H19FN2O2/c1-15-8-9-16(2)13(17)7-10-18-12-5-3-11(14)4-6-12/h3-6,15H,7-10H2,1-2H3. The van der Waals surface area contributed by atoms with Crippen molar-refractivity contribution in [2.24, 2.45) is 0 Å². The molecular weight excluding hydrogens is 235 g/mol. The van der Waals surface area contributed by atoms with E-state index in [1.807, 2.05) is 7.05 Å². The molecule has 18 heavy (non-hydrogen) atoms. The monoisotopic (exact) mass is 254 g/mol. The van der Waals surface area contributed by atoms with E-state index in [9.17, 15) is 9.18 Å². The van der Waals surface area contributed by atoms with Crippen molar-refractivity contribution >= 4 is 5.91 Å². The highest BCUT2D eigenvalue weighted by atomic mass is 19.1. The van der Waals surface area contributed by atoms with Crippen LogP contribution in [0.15, 0.2) is 24.3 Å². The molecule has 4 nitrogen and oxygen atoms in total. The first kappa shape index (κ1) is 14.4. The van der Waals surface area contributed by atoms with Gasteiger partial charge in [-0.1, -0.05) is 0 Å². The summed E-state index contributed by atoms with van der Waals surface area (Å²) < 4.78 is 18.0. The molecule has 1 aromatic rings. The zero-order valence-corrected chi connectivity index (χ0v) is 10.8. The molecule has 0 heterocycles. The largest absolute Gasteiger partial charge is 0.493 e. The van der Waals surface area contributed by atoms with Crippen LogP contribution in [0.2, 0.25) is 0 Å². The number of nitrogens with zero attached hydrogens (tertiary/aromatic N) is 1. The van der Waals surface area contributed by atoms with Gasteiger partial charge in [-0.2, -0.15) is 0 Å². The van der Waals surface area contributed by atoms with E-state index in [2.05, 4.69) is 5.32 Å². The lowest BCUT2D eigenvalue weighted by Gasteiger charge is -2.16. The van der Waals surface area contributed by atoms with Crippen LogP contribution < -0.4 is 10.1 Å². The van der Waals surface area contributed by atoms with Crippen LogP contribution in [0.4, 0.5) is 4.39 Å². The van der Waals surface area contributed by atoms with Crippen molar-refractivity contribution in [1.82, 2.24) is 10.2 Å². The average molecular weight is 254 g/mol. The predicted molar refractivity (Wildman–Crippen MR) is 68.1 cm³/mol. The Labute approximate surface area is 107 Å². The fourth-order valence-corrected chi connectivity index (χ4v) is 1.38. The van der Waals surface area contributed by atoms with Crippen LogP contribution in [0.1, 0.15) is 6.42 Å². The Morgan fingerprint density at radius 1 is 1.39 bits per heavy atom. The second-order valence-electron chi connectivity index (χ2n) is 3.97. The third kappa shape index (κ3) is 5.14. The molecule has 0 aliphatic rings. The molecule has 0 aromatic heterocycles. The molecule has 1 aromatic carbocycles. The Kier molecular flexibility index (Phi) is 6.14. The third-order valence-electron chi connectivity index (χ3n) is 2.52. The lowest BCUT2D eigenvalue weighted by atomic mass is 10.3. The van der Waals surface area contributed by atoms with E-state index in [0.29, 0.717) is 25.3 Å². The second-order valence-corrected chi connectivity index (χ2v) is 3.97. The fraction of sp³-hybridized carbons (Fsp3) is 0.462. The molecule has 0 spiro atoms. The van der Waals surface area contributed by atoms with Crippen LogP contribution in [-0.2, 0) is 4.79 Å². The Bertz CT molecular complexity index is 368. The van der Waals surface area contributed by atoms with E-state index in [4.69, 9.17) is 4.74 Å². The van der Waals surface area contributed by atoms with Gasteiger partial charge in [-0.15, -0.1) is 0 Å². The van der Waals surface area contributed by atoms with E-state index in [1.165, 1.54) is 12.1 Å². The first-order chi connectivity index (χ1) is 8.63. The van der Waals surface area contributed by atoms with Gasteiger partial charge < -0.3 is 15.0 Å². The van der Waals surface area contributed by atoms with Gasteiger partial charge in [0.2, 0.25) is 5.91 Å². The zero-order chi connectivity index (χ0) is 13.4. The average Bonchev–Trinajstić information content (AvgIpc) is 2.38. The molecule has 100 valence electrons. The van der Waals surface area contributed by atoms with Crippen molar-refractivity contribution in [3.8, 4) is 5.75 Å². The first-order valence-corrected chi connectivity index (χ1v) is 5.90. The maximum Gasteiger partial charge on any atom is 0.225 e. The number of hydrogen-bond acceptors (Lipinski definition) is 3. The molecule has 0 unspecified atom stereocenters. The highest BCUT2D eigenvalue weighted by molar-refractivity contribution is 5.75. The summed E-state index contributed by atoms with van der Waals surface area (Å²) >= 11 is 0. The molecule has 0 radical (unpaired) electrons. The van der Waals surface area contributed by atoms with Crippen molar-refractivity contribution in [3.63, 3.8) is 0 Å². The number of nitrogens with one attached hydrogen (secondary N) is 1. The minimum absolute atomic E-state index is 0.0346. The van der Waals surface area contributed by atoms with E-state index in [0.717, 1.165) is 6.54 Å². The first-order valence-electron chi connectivity index (χ1n) is 5.90. The molecule has 0 fully saturated rings. The van der Waals surface area contributed by atoms with Crippen molar-refractivity contribution in [2.45, 2.75) is 6.42 Å². The van der Waals surface area contributed by atoms with Gasteiger partial charge >= 0.3 is 0 Å². The second kappa shape index (κ2) is 7.66. The maximum atomic E-state index is 12.6. The molecule has 0 saturated carbocycles. The van der Waals surface area contributed by atoms with Gasteiger partial charge in [0, 0.05) is 20.1 Å². The minimum Gasteiger partial charge on any atom is -0.493 e. The Balaban J connectivity index is 2.24. The lowest BCUT2D eigenvalue weighted by Crippen LogP contribution is -2.33. The number of carbonyl (C=O) groups excluding carboxylic acids is 1. The number of carbonyl (C=O) groups is 1. The molecule has 1 N–H and O–H groups in total. The summed E-state index contributed by atoms with van der Waals surface area (Å²) in [6.07, 6.45) is 0.317. The topological polar surface area (TPSA) is 41.6 Å². The lowest BCUT2D eigenvalue weighted by molar-refractivity contribution is -0.130. The minimum atomic E-state index is -0.301. The van der Waals surface area contributed by atoms with E-state index in [1.54, 1.807) is 24.1 Å². The normalized spacial score (nSPS) is 10.2. The molecule has 1 rings (SSSR count). The van der Waals surface area contributed by atoms with Gasteiger partial charge in [-0.3, -0.25) is 4.79 Å². The summed E-state index contributed by atoms with van der Waals surface area (Å²) in [6.45, 7) is 1.74. The van der Waals surface area contributed by atoms with Gasteiger partial charge in [-0.25, -0.2) is 4.39 Å². The van der Waals surface area contributed by atoms with Crippen molar-refractivity contribution in [3.05, 3.63) is 30.1 Å². The van der Waals surface area contributed by atoms with Gasteiger partial charge in [0.25, 0.3) is 0 Å². The SMILES string of the molecule is CNCCN(C)C(=O)CCOc1ccc(F)cc1. The molecule has 0 aliphatic carbocycles. The van der Waals surface area contributed by atoms with Crippen LogP contribution in [0, 0.1) is 5.82 Å². The molecule has 0 bridgehead atoms. The summed E-state index contributed by atoms with van der Waals surface area (Å²) in [5.74, 6) is 0.305. The van der Waals surface area contributed by atoms with E-state index in [-0.39, 0.29) is 11.7 Å². The third-order valence-corrected chi connectivity index (χ3v) is 2.52. The van der Waals surface area contributed by atoms with E-state index < -0.39 is 0 Å². The molecule has 1 amide bonds. The van der Waals surface area contributed by atoms with Crippen LogP contribution in [-0.4, -0.2) is 44.6 Å². The summed E-state index contributed by atoms with van der Waals surface area (Å²) in [7, 11) is 3.60. The summed E-state index contributed by atoms with van der Waals surface area (Å²) in [5, 5.41) is 2.98. The smallest absolute Gasteiger partial charge is 0.225 e. The summed E-state index contributed by atoms with van der Waals surface area (Å²) in [6, 6.07) is 5.75. The molecule has 0 aliphatic heterocycles. The number of benzene rings is 1. The number of hydrogen-bond donors (Lipinski definition) is 1. The molecule has 0 saturated heterocycles. The van der Waals surface area contributed by atoms with Crippen molar-refractivity contribution < 1.29 is 13.9 Å². The molecule has 0 atom stereocenters. The van der Waals surface area contributed by atoms with Crippen LogP contribution in [0.5, 0.6) is 5.75 Å². The van der Waals surface area contributed by atoms with Crippen LogP contribution >= 0.6 is 0 Å². The summed E-state index contributed by atoms with van der Waals surface area (Å²) in [4.78, 5) is 13.3. The summed E-state index contributed by atoms with van der Waals surface area (Å²) in [5.41, 5.74) is 0. The van der Waals surface area contributed by atoms with Gasteiger partial charge in [0.1, 0.15) is 11.6 Å². The van der Waals surface area contributed by atoms with Crippen LogP contribution in [0.3, 0.4) is 0 Å². The van der Waals surface area contributed by atoms with Gasteiger partial charge in [0.05, 0.1) is 13.0 Å². The number of ether oxygens (including phenoxy) is 1. The maximum absolute atomic E-state index is 12.6. The molecular formula is C13H19FN2O2.